The van der Waals surface area contributed by atoms with E-state index >= 15 is 0 Å². The number of carbonyl (C=O) groups is 2. The highest BCUT2D eigenvalue weighted by Crippen LogP contribution is 2.29. The van der Waals surface area contributed by atoms with E-state index in [9.17, 15) is 43.3 Å². The minimum absolute atomic E-state index is 0.0432. The van der Waals surface area contributed by atoms with E-state index in [1.54, 1.807) is 36.4 Å². The molecule has 0 spiro atoms. The Kier molecular flexibility index (Phi) is 14.6. The molecule has 4 amide bonds. The van der Waals surface area contributed by atoms with Crippen molar-refractivity contribution >= 4 is 75.3 Å². The van der Waals surface area contributed by atoms with Crippen molar-refractivity contribution in [3.63, 3.8) is 0 Å². The summed E-state index contributed by atoms with van der Waals surface area (Å²) in [6, 6.07) is 47.6. The number of urea groups is 2. The van der Waals surface area contributed by atoms with Gasteiger partial charge >= 0.3 is 52.5 Å². The molecule has 0 saturated heterocycles. The lowest BCUT2D eigenvalue weighted by Crippen LogP contribution is -2.19. The Labute approximate surface area is 414 Å². The van der Waals surface area contributed by atoms with Gasteiger partial charge in [-0.05, 0) is 108 Å². The summed E-state index contributed by atoms with van der Waals surface area (Å²) in [5.74, 6) is -0.315. The topological polar surface area (TPSA) is 256 Å². The van der Waals surface area contributed by atoms with Crippen LogP contribution in [-0.4, -0.2) is 45.7 Å². The quantitative estimate of drug-likeness (QED) is 0.0620. The highest BCUT2D eigenvalue weighted by atomic mass is 32.2. The van der Waals surface area contributed by atoms with Crippen LogP contribution in [0.4, 0.5) is 32.3 Å². The maximum Gasteiger partial charge on any atom is 0.339 e. The van der Waals surface area contributed by atoms with Gasteiger partial charge < -0.3 is 38.0 Å². The number of anilines is 4. The largest absolute Gasteiger partial charge is 0.379 e. The van der Waals surface area contributed by atoms with Gasteiger partial charge in [-0.1, -0.05) is 84.9 Å². The second kappa shape index (κ2) is 21.1. The molecule has 4 N–H and O–H groups in total. The number of rotatable bonds is 17. The number of hydrogen-bond acceptors (Lipinski definition) is 14. The zero-order valence-corrected chi connectivity index (χ0v) is 40.2. The molecule has 0 aromatic heterocycles. The summed E-state index contributed by atoms with van der Waals surface area (Å²) in [4.78, 5) is 25.2. The van der Waals surface area contributed by atoms with Gasteiger partial charge in [0.1, 0.15) is 42.6 Å². The predicted octanol–water partition coefficient (Wildman–Crippen LogP) is 9.71. The van der Waals surface area contributed by atoms with Crippen LogP contribution in [0.3, 0.4) is 0 Å². The SMILES string of the molecule is O=C(Nc1cccc(OS(=O)(=O)c2ccccc2)c1)Nc1cccc(OS(=O)(=O)c2ccc(-c3ccc(S(=O)(=O)Oc4cccc(NC(=O)Nc5cccc(OS(=O)(=O)c6ccccc6)c5)c4)cc3)cc2)c1. The van der Waals surface area contributed by atoms with Crippen molar-refractivity contribution in [2.75, 3.05) is 21.3 Å². The Morgan fingerprint density at radius 3 is 0.764 bits per heavy atom. The van der Waals surface area contributed by atoms with Crippen LogP contribution in [0.15, 0.2) is 226 Å². The van der Waals surface area contributed by atoms with Gasteiger partial charge in [0, 0.05) is 47.0 Å². The molecule has 0 aliphatic carbocycles. The Morgan fingerprint density at radius 1 is 0.278 bits per heavy atom. The molecule has 0 radical (unpaired) electrons. The van der Waals surface area contributed by atoms with Crippen LogP contribution in [0.1, 0.15) is 0 Å². The van der Waals surface area contributed by atoms with Gasteiger partial charge in [-0.2, -0.15) is 33.7 Å². The summed E-state index contributed by atoms with van der Waals surface area (Å²) >= 11 is 0. The Balaban J connectivity index is 0.835. The zero-order chi connectivity index (χ0) is 50.9. The summed E-state index contributed by atoms with van der Waals surface area (Å²) in [5, 5.41) is 10.3. The van der Waals surface area contributed by atoms with E-state index in [-0.39, 0.29) is 65.3 Å². The first kappa shape index (κ1) is 49.7. The molecular weight excluding hydrogens is 1010 g/mol. The molecule has 366 valence electrons. The third-order valence-corrected chi connectivity index (χ3v) is 14.9. The fourth-order valence-corrected chi connectivity index (χ4v) is 10.3. The van der Waals surface area contributed by atoms with Crippen LogP contribution in [0.5, 0.6) is 23.0 Å². The zero-order valence-electron chi connectivity index (χ0n) is 37.0. The lowest BCUT2D eigenvalue weighted by molar-refractivity contribution is 0.261. The molecule has 0 unspecified atom stereocenters. The van der Waals surface area contributed by atoms with E-state index in [0.717, 1.165) is 0 Å². The molecule has 8 aromatic rings. The highest BCUT2D eigenvalue weighted by molar-refractivity contribution is 7.88. The standard InChI is InChI=1S/C50H38N4O14S4/c55-49(51-37-11-7-15-41(31-37)65-69(57,58)45-19-3-1-4-20-45)53-39-13-9-17-43(33-39)67-71(61,62)47-27-23-35(24-28-47)36-25-29-48(30-26-36)72(63,64)68-44-18-10-14-40(34-44)54-50(56)52-38-12-8-16-42(32-38)66-70(59,60)46-21-5-2-6-22-46/h1-34H,(H2,51,53,55)(H2,52,54,56). The van der Waals surface area contributed by atoms with E-state index in [1.807, 2.05) is 0 Å². The lowest BCUT2D eigenvalue weighted by Gasteiger charge is -2.12. The van der Waals surface area contributed by atoms with Crippen molar-refractivity contribution in [3.05, 3.63) is 206 Å². The summed E-state index contributed by atoms with van der Waals surface area (Å²) in [6.07, 6.45) is 0. The molecule has 72 heavy (non-hydrogen) atoms. The van der Waals surface area contributed by atoms with Crippen molar-refractivity contribution in [2.24, 2.45) is 0 Å². The maximum atomic E-state index is 13.3. The first-order valence-electron chi connectivity index (χ1n) is 21.0. The molecule has 0 atom stereocenters. The van der Waals surface area contributed by atoms with Crippen LogP contribution in [0, 0.1) is 0 Å². The van der Waals surface area contributed by atoms with Crippen LogP contribution in [-0.2, 0) is 40.5 Å². The molecule has 0 saturated carbocycles. The van der Waals surface area contributed by atoms with Gasteiger partial charge in [0.2, 0.25) is 0 Å². The third kappa shape index (κ3) is 12.9. The maximum absolute atomic E-state index is 13.3. The summed E-state index contributed by atoms with van der Waals surface area (Å²) in [5.41, 5.74) is 1.83. The third-order valence-electron chi connectivity index (χ3n) is 9.87. The average molecular weight is 1050 g/mol. The first-order valence-corrected chi connectivity index (χ1v) is 26.7. The highest BCUT2D eigenvalue weighted by Gasteiger charge is 2.21. The Bertz CT molecular complexity index is 3490. The van der Waals surface area contributed by atoms with E-state index in [2.05, 4.69) is 21.3 Å². The normalized spacial score (nSPS) is 11.6. The number of carbonyl (C=O) groups excluding carboxylic acids is 2. The van der Waals surface area contributed by atoms with Crippen molar-refractivity contribution in [2.45, 2.75) is 19.6 Å². The van der Waals surface area contributed by atoms with E-state index in [1.165, 1.54) is 170 Å². The second-order valence-electron chi connectivity index (χ2n) is 15.1. The molecule has 8 rings (SSSR count). The molecule has 22 heteroatoms. The Hall–Kier alpha value is -8.70. The monoisotopic (exact) mass is 1050 g/mol. The van der Waals surface area contributed by atoms with Crippen molar-refractivity contribution < 1.29 is 60.0 Å². The summed E-state index contributed by atoms with van der Waals surface area (Å²) < 4.78 is 125. The number of amides is 4. The van der Waals surface area contributed by atoms with E-state index in [0.29, 0.717) is 11.1 Å². The fourth-order valence-electron chi connectivity index (χ4n) is 6.59. The second-order valence-corrected chi connectivity index (χ2v) is 21.3. The lowest BCUT2D eigenvalue weighted by atomic mass is 10.1. The number of benzene rings is 8. The van der Waals surface area contributed by atoms with Gasteiger partial charge in [-0.15, -0.1) is 0 Å². The van der Waals surface area contributed by atoms with Crippen molar-refractivity contribution in [1.82, 2.24) is 0 Å². The average Bonchev–Trinajstić information content (AvgIpc) is 3.34. The Morgan fingerprint density at radius 2 is 0.514 bits per heavy atom. The molecule has 0 bridgehead atoms. The molecule has 0 aliphatic heterocycles. The van der Waals surface area contributed by atoms with Crippen molar-refractivity contribution in [1.29, 1.82) is 0 Å². The van der Waals surface area contributed by atoms with Gasteiger partial charge in [0.05, 0.1) is 0 Å². The van der Waals surface area contributed by atoms with Crippen molar-refractivity contribution in [3.8, 4) is 34.1 Å². The van der Waals surface area contributed by atoms with Gasteiger partial charge in [-0.3, -0.25) is 0 Å². The van der Waals surface area contributed by atoms with Crippen LogP contribution < -0.4 is 38.0 Å². The molecule has 0 heterocycles. The predicted molar refractivity (Wildman–Crippen MR) is 267 cm³/mol. The number of hydrogen-bond donors (Lipinski definition) is 4. The molecule has 0 aliphatic rings. The minimum atomic E-state index is -4.38. The fraction of sp³-hybridized carbons (Fsp3) is 0. The van der Waals surface area contributed by atoms with Crippen LogP contribution >= 0.6 is 0 Å². The molecular formula is C50H38N4O14S4. The smallest absolute Gasteiger partial charge is 0.339 e. The van der Waals surface area contributed by atoms with Gasteiger partial charge in [0.15, 0.2) is 0 Å². The summed E-state index contributed by atoms with van der Waals surface area (Å²) in [7, 11) is -17.0. The van der Waals surface area contributed by atoms with Crippen LogP contribution in [0.2, 0.25) is 0 Å². The molecule has 8 aromatic carbocycles. The van der Waals surface area contributed by atoms with E-state index < -0.39 is 52.5 Å². The minimum Gasteiger partial charge on any atom is -0.379 e. The van der Waals surface area contributed by atoms with Crippen LogP contribution in [0.25, 0.3) is 11.1 Å². The molecule has 0 fully saturated rings. The van der Waals surface area contributed by atoms with E-state index in [4.69, 9.17) is 16.7 Å². The first-order chi connectivity index (χ1) is 34.4. The summed E-state index contributed by atoms with van der Waals surface area (Å²) in [6.45, 7) is 0. The van der Waals surface area contributed by atoms with Gasteiger partial charge in [0.25, 0.3) is 0 Å². The molecule has 18 nitrogen and oxygen atoms in total. The number of nitrogens with one attached hydrogen (secondary N) is 4. The van der Waals surface area contributed by atoms with Gasteiger partial charge in [-0.25, -0.2) is 9.59 Å².